The van der Waals surface area contributed by atoms with Crippen molar-refractivity contribution in [3.8, 4) is 10.6 Å². The lowest BCUT2D eigenvalue weighted by atomic mass is 10.1. The summed E-state index contributed by atoms with van der Waals surface area (Å²) in [5.41, 5.74) is 2.48. The summed E-state index contributed by atoms with van der Waals surface area (Å²) in [4.78, 5) is 33.9. The molecule has 1 aliphatic carbocycles. The Morgan fingerprint density at radius 3 is 2.32 bits per heavy atom. The lowest BCUT2D eigenvalue weighted by molar-refractivity contribution is -0.134. The molecule has 2 heterocycles. The summed E-state index contributed by atoms with van der Waals surface area (Å²) in [5, 5.41) is 2.64. The molecule has 7 heteroatoms. The number of aromatic nitrogens is 1. The number of carbonyl (C=O) groups excluding carboxylic acids is 2. The maximum Gasteiger partial charge on any atom is 0.273 e. The first-order chi connectivity index (χ1) is 15.1. The van der Waals surface area contributed by atoms with Crippen LogP contribution in [0.5, 0.6) is 0 Å². The summed E-state index contributed by atoms with van der Waals surface area (Å²) in [6.07, 6.45) is 0.810. The normalized spacial score (nSPS) is 20.5. The minimum atomic E-state index is -0.260. The van der Waals surface area contributed by atoms with E-state index in [1.54, 1.807) is 22.4 Å². The van der Waals surface area contributed by atoms with Gasteiger partial charge >= 0.3 is 0 Å². The van der Waals surface area contributed by atoms with E-state index in [2.05, 4.69) is 4.98 Å². The number of amides is 2. The van der Waals surface area contributed by atoms with Gasteiger partial charge < -0.3 is 9.80 Å². The Morgan fingerprint density at radius 1 is 0.935 bits per heavy atom. The summed E-state index contributed by atoms with van der Waals surface area (Å²) >= 11 is 1.46. The van der Waals surface area contributed by atoms with Gasteiger partial charge in [-0.3, -0.25) is 9.59 Å². The van der Waals surface area contributed by atoms with E-state index in [1.807, 2.05) is 35.2 Å². The van der Waals surface area contributed by atoms with Crippen molar-refractivity contribution in [1.82, 2.24) is 14.8 Å². The maximum atomic E-state index is 13.1. The van der Waals surface area contributed by atoms with E-state index in [4.69, 9.17) is 0 Å². The van der Waals surface area contributed by atoms with Crippen LogP contribution in [0.4, 0.5) is 4.39 Å². The number of rotatable bonds is 4. The van der Waals surface area contributed by atoms with Crippen LogP contribution in [-0.4, -0.2) is 52.8 Å². The standard InChI is InChI=1S/C24H22FN3O2S/c25-18-8-6-16(7-9-18)19-14-20(19)23(29)27-10-12-28(13-11-27)24(30)21-15-31-22(26-21)17-4-2-1-3-5-17/h1-9,15,19-20H,10-14H2/t19-,20-/m0/s1. The molecule has 0 unspecified atom stereocenters. The van der Waals surface area contributed by atoms with Crippen LogP contribution in [0.1, 0.15) is 28.4 Å². The van der Waals surface area contributed by atoms with Gasteiger partial charge in [-0.1, -0.05) is 42.5 Å². The van der Waals surface area contributed by atoms with E-state index in [9.17, 15) is 14.0 Å². The van der Waals surface area contributed by atoms with Crippen LogP contribution in [-0.2, 0) is 4.79 Å². The first-order valence-electron chi connectivity index (χ1n) is 10.4. The van der Waals surface area contributed by atoms with Crippen molar-refractivity contribution in [2.45, 2.75) is 12.3 Å². The van der Waals surface area contributed by atoms with E-state index >= 15 is 0 Å². The first kappa shape index (κ1) is 19.9. The highest BCUT2D eigenvalue weighted by Crippen LogP contribution is 2.48. The van der Waals surface area contributed by atoms with Crippen LogP contribution in [0.2, 0.25) is 0 Å². The quantitative estimate of drug-likeness (QED) is 0.622. The molecule has 0 radical (unpaired) electrons. The van der Waals surface area contributed by atoms with E-state index in [0.717, 1.165) is 22.6 Å². The predicted octanol–water partition coefficient (Wildman–Crippen LogP) is 4.04. The number of thiazole rings is 1. The van der Waals surface area contributed by atoms with E-state index in [0.29, 0.717) is 31.9 Å². The molecule has 1 aromatic heterocycles. The fraction of sp³-hybridized carbons (Fsp3) is 0.292. The monoisotopic (exact) mass is 435 g/mol. The van der Waals surface area contributed by atoms with Crippen LogP contribution in [0.15, 0.2) is 60.0 Å². The first-order valence-corrected chi connectivity index (χ1v) is 11.3. The summed E-state index contributed by atoms with van der Waals surface area (Å²) in [6.45, 7) is 2.09. The number of hydrogen-bond acceptors (Lipinski definition) is 4. The minimum Gasteiger partial charge on any atom is -0.339 e. The largest absolute Gasteiger partial charge is 0.339 e. The molecule has 1 saturated carbocycles. The molecule has 0 N–H and O–H groups in total. The van der Waals surface area contributed by atoms with Gasteiger partial charge in [0, 0.05) is 43.0 Å². The average Bonchev–Trinajstić information content (AvgIpc) is 3.46. The zero-order valence-electron chi connectivity index (χ0n) is 16.9. The van der Waals surface area contributed by atoms with Crippen molar-refractivity contribution >= 4 is 23.2 Å². The van der Waals surface area contributed by atoms with Crippen molar-refractivity contribution in [2.24, 2.45) is 5.92 Å². The van der Waals surface area contributed by atoms with Crippen LogP contribution < -0.4 is 0 Å². The van der Waals surface area contributed by atoms with Crippen molar-refractivity contribution in [1.29, 1.82) is 0 Å². The molecule has 2 atom stereocenters. The Morgan fingerprint density at radius 2 is 1.61 bits per heavy atom. The molecule has 1 aliphatic heterocycles. The van der Waals surface area contributed by atoms with Gasteiger partial charge in [-0.15, -0.1) is 11.3 Å². The zero-order chi connectivity index (χ0) is 21.4. The molecular weight excluding hydrogens is 413 g/mol. The van der Waals surface area contributed by atoms with Crippen LogP contribution >= 0.6 is 11.3 Å². The molecule has 31 heavy (non-hydrogen) atoms. The van der Waals surface area contributed by atoms with Crippen molar-refractivity contribution in [3.63, 3.8) is 0 Å². The number of hydrogen-bond donors (Lipinski definition) is 0. The number of piperazine rings is 1. The smallest absolute Gasteiger partial charge is 0.273 e. The molecule has 5 rings (SSSR count). The fourth-order valence-corrected chi connectivity index (χ4v) is 4.96. The molecule has 0 spiro atoms. The van der Waals surface area contributed by atoms with Gasteiger partial charge in [-0.05, 0) is 30.0 Å². The van der Waals surface area contributed by atoms with Crippen molar-refractivity contribution < 1.29 is 14.0 Å². The van der Waals surface area contributed by atoms with Gasteiger partial charge in [-0.25, -0.2) is 9.37 Å². The molecule has 2 fully saturated rings. The third-order valence-corrected chi connectivity index (χ3v) is 6.92. The van der Waals surface area contributed by atoms with Crippen molar-refractivity contribution in [3.05, 3.63) is 77.1 Å². The molecule has 2 aromatic carbocycles. The molecule has 3 aromatic rings. The fourth-order valence-electron chi connectivity index (χ4n) is 4.16. The number of nitrogens with zero attached hydrogens (tertiary/aromatic N) is 3. The van der Waals surface area contributed by atoms with E-state index in [-0.39, 0.29) is 29.5 Å². The zero-order valence-corrected chi connectivity index (χ0v) is 17.7. The topological polar surface area (TPSA) is 53.5 Å². The van der Waals surface area contributed by atoms with Gasteiger partial charge in [0.25, 0.3) is 5.91 Å². The number of carbonyl (C=O) groups is 2. The van der Waals surface area contributed by atoms with Crippen LogP contribution in [0.3, 0.4) is 0 Å². The Bertz CT molecular complexity index is 1090. The SMILES string of the molecule is O=C(c1csc(-c2ccccc2)n1)N1CCN(C(=O)[C@H]2C[C@H]2c2ccc(F)cc2)CC1. The molecule has 0 bridgehead atoms. The summed E-state index contributed by atoms with van der Waals surface area (Å²) in [7, 11) is 0. The number of benzene rings is 2. The third kappa shape index (κ3) is 4.10. The second-order valence-electron chi connectivity index (χ2n) is 8.02. The molecule has 158 valence electrons. The van der Waals surface area contributed by atoms with Crippen molar-refractivity contribution in [2.75, 3.05) is 26.2 Å². The van der Waals surface area contributed by atoms with Gasteiger partial charge in [0.15, 0.2) is 0 Å². The highest BCUT2D eigenvalue weighted by atomic mass is 32.1. The van der Waals surface area contributed by atoms with Crippen LogP contribution in [0, 0.1) is 11.7 Å². The Hall–Kier alpha value is -3.06. The Kier molecular flexibility index (Phi) is 5.28. The maximum absolute atomic E-state index is 13.1. The molecular formula is C24H22FN3O2S. The third-order valence-electron chi connectivity index (χ3n) is 6.03. The van der Waals surface area contributed by atoms with E-state index in [1.165, 1.54) is 23.5 Å². The molecule has 5 nitrogen and oxygen atoms in total. The average molecular weight is 436 g/mol. The highest BCUT2D eigenvalue weighted by Gasteiger charge is 2.46. The second kappa shape index (κ2) is 8.23. The summed E-state index contributed by atoms with van der Waals surface area (Å²) in [5.74, 6) is -0.0505. The lowest BCUT2D eigenvalue weighted by Crippen LogP contribution is -2.51. The second-order valence-corrected chi connectivity index (χ2v) is 8.88. The predicted molar refractivity (Wildman–Crippen MR) is 117 cm³/mol. The molecule has 2 aliphatic rings. The van der Waals surface area contributed by atoms with Crippen LogP contribution in [0.25, 0.3) is 10.6 Å². The van der Waals surface area contributed by atoms with Gasteiger partial charge in [-0.2, -0.15) is 0 Å². The van der Waals surface area contributed by atoms with Gasteiger partial charge in [0.2, 0.25) is 5.91 Å². The lowest BCUT2D eigenvalue weighted by Gasteiger charge is -2.34. The highest BCUT2D eigenvalue weighted by molar-refractivity contribution is 7.13. The molecule has 2 amide bonds. The minimum absolute atomic E-state index is 0.0281. The summed E-state index contributed by atoms with van der Waals surface area (Å²) < 4.78 is 13.1. The van der Waals surface area contributed by atoms with Gasteiger partial charge in [0.1, 0.15) is 16.5 Å². The Labute approximate surface area is 184 Å². The number of halogens is 1. The Balaban J connectivity index is 1.16. The molecule has 1 saturated heterocycles. The summed E-state index contributed by atoms with van der Waals surface area (Å²) in [6, 6.07) is 16.2. The van der Waals surface area contributed by atoms with Gasteiger partial charge in [0.05, 0.1) is 0 Å². The van der Waals surface area contributed by atoms with E-state index < -0.39 is 0 Å².